The lowest BCUT2D eigenvalue weighted by Crippen LogP contribution is -2.19. The highest BCUT2D eigenvalue weighted by Gasteiger charge is 2.24. The summed E-state index contributed by atoms with van der Waals surface area (Å²) < 4.78 is 35.6. The second kappa shape index (κ2) is 6.11. The van der Waals surface area contributed by atoms with Crippen LogP contribution in [0.2, 0.25) is 0 Å². The quantitative estimate of drug-likeness (QED) is 0.698. The van der Waals surface area contributed by atoms with Gasteiger partial charge in [-0.1, -0.05) is 20.8 Å². The Morgan fingerprint density at radius 3 is 2.21 bits per heavy atom. The Bertz CT molecular complexity index is 562. The molecule has 0 atom stereocenters. The van der Waals surface area contributed by atoms with Gasteiger partial charge >= 0.3 is 0 Å². The van der Waals surface area contributed by atoms with Crippen molar-refractivity contribution in [2.24, 2.45) is 5.41 Å². The third-order valence-corrected chi connectivity index (χ3v) is 4.97. The maximum Gasteiger partial charge on any atom is 0.298 e. The highest BCUT2D eigenvalue weighted by atomic mass is 79.9. The van der Waals surface area contributed by atoms with E-state index in [1.54, 1.807) is 6.07 Å². The molecule has 0 aliphatic carbocycles. The monoisotopic (exact) mass is 414 g/mol. The Balaban J connectivity index is 3.14. The molecule has 0 aliphatic heterocycles. The van der Waals surface area contributed by atoms with Crippen molar-refractivity contribution in [3.63, 3.8) is 0 Å². The third kappa shape index (κ3) is 4.73. The maximum atomic E-state index is 12.2. The predicted octanol–water partition coefficient (Wildman–Crippen LogP) is 3.97. The van der Waals surface area contributed by atoms with Gasteiger partial charge in [0.2, 0.25) is 0 Å². The topological polar surface area (TPSA) is 52.6 Å². The number of hydrogen-bond donors (Lipinski definition) is 0. The largest absolute Gasteiger partial charge is 0.496 e. The molecule has 0 amide bonds. The Morgan fingerprint density at radius 1 is 1.16 bits per heavy atom. The minimum atomic E-state index is -3.82. The lowest BCUT2D eigenvalue weighted by molar-refractivity contribution is 0.203. The summed E-state index contributed by atoms with van der Waals surface area (Å²) in [6.45, 7) is 5.82. The summed E-state index contributed by atoms with van der Waals surface area (Å²) >= 11 is 6.51. The first-order valence-electron chi connectivity index (χ1n) is 5.49. The van der Waals surface area contributed by atoms with Gasteiger partial charge in [-0.3, -0.25) is 4.18 Å². The average molecular weight is 416 g/mol. The van der Waals surface area contributed by atoms with Crippen LogP contribution in [0.25, 0.3) is 0 Å². The summed E-state index contributed by atoms with van der Waals surface area (Å²) in [5.74, 6) is 0.432. The zero-order chi connectivity index (χ0) is 14.8. The van der Waals surface area contributed by atoms with Crippen molar-refractivity contribution in [1.29, 1.82) is 0 Å². The van der Waals surface area contributed by atoms with E-state index in [9.17, 15) is 8.42 Å². The Morgan fingerprint density at radius 2 is 1.74 bits per heavy atom. The van der Waals surface area contributed by atoms with E-state index in [0.29, 0.717) is 14.7 Å². The van der Waals surface area contributed by atoms with Gasteiger partial charge in [-0.2, -0.15) is 8.42 Å². The molecule has 108 valence electrons. The molecule has 1 rings (SSSR count). The van der Waals surface area contributed by atoms with Gasteiger partial charge in [-0.25, -0.2) is 0 Å². The highest BCUT2D eigenvalue weighted by Crippen LogP contribution is 2.35. The first-order chi connectivity index (χ1) is 8.57. The molecule has 1 aromatic rings. The van der Waals surface area contributed by atoms with Crippen molar-refractivity contribution >= 4 is 42.0 Å². The summed E-state index contributed by atoms with van der Waals surface area (Å²) in [5, 5.41) is 0. The highest BCUT2D eigenvalue weighted by molar-refractivity contribution is 9.11. The molecule has 0 aromatic heterocycles. The molecule has 0 spiro atoms. The first-order valence-corrected chi connectivity index (χ1v) is 8.49. The lowest BCUT2D eigenvalue weighted by atomic mass is 9.99. The first kappa shape index (κ1) is 16.9. The molecule has 19 heavy (non-hydrogen) atoms. The predicted molar refractivity (Wildman–Crippen MR) is 81.0 cm³/mol. The summed E-state index contributed by atoms with van der Waals surface area (Å²) in [5.41, 5.74) is -0.237. The summed E-state index contributed by atoms with van der Waals surface area (Å²) in [6.07, 6.45) is 0. The van der Waals surface area contributed by atoms with Gasteiger partial charge in [0, 0.05) is 10.5 Å². The second-order valence-electron chi connectivity index (χ2n) is 5.19. The molecule has 0 saturated heterocycles. The minimum Gasteiger partial charge on any atom is -0.496 e. The molecular formula is C12H16Br2O4S. The molecule has 0 radical (unpaired) electrons. The van der Waals surface area contributed by atoms with Crippen LogP contribution in [0.1, 0.15) is 20.8 Å². The zero-order valence-corrected chi connectivity index (χ0v) is 15.1. The SMILES string of the molecule is COc1cc(S(=O)(=O)OCC(C)(C)C)c(Br)cc1Br. The van der Waals surface area contributed by atoms with Gasteiger partial charge in [0.25, 0.3) is 10.1 Å². The van der Waals surface area contributed by atoms with Crippen LogP contribution < -0.4 is 4.74 Å². The Hall–Kier alpha value is -0.110. The van der Waals surface area contributed by atoms with Crippen LogP contribution in [0.5, 0.6) is 5.75 Å². The molecular weight excluding hydrogens is 400 g/mol. The summed E-state index contributed by atoms with van der Waals surface area (Å²) in [6, 6.07) is 3.04. The van der Waals surface area contributed by atoms with E-state index in [4.69, 9.17) is 8.92 Å². The van der Waals surface area contributed by atoms with E-state index in [2.05, 4.69) is 31.9 Å². The van der Waals surface area contributed by atoms with E-state index < -0.39 is 10.1 Å². The van der Waals surface area contributed by atoms with Gasteiger partial charge in [0.15, 0.2) is 0 Å². The van der Waals surface area contributed by atoms with E-state index >= 15 is 0 Å². The summed E-state index contributed by atoms with van der Waals surface area (Å²) in [7, 11) is -2.35. The van der Waals surface area contributed by atoms with Gasteiger partial charge in [0.1, 0.15) is 10.6 Å². The van der Waals surface area contributed by atoms with Crippen LogP contribution in [0.15, 0.2) is 26.0 Å². The molecule has 7 heteroatoms. The fourth-order valence-corrected chi connectivity index (χ4v) is 4.11. The smallest absolute Gasteiger partial charge is 0.298 e. The molecule has 0 N–H and O–H groups in total. The number of ether oxygens (including phenoxy) is 1. The molecule has 0 unspecified atom stereocenters. The average Bonchev–Trinajstić information content (AvgIpc) is 2.25. The van der Waals surface area contributed by atoms with Crippen molar-refractivity contribution in [2.45, 2.75) is 25.7 Å². The van der Waals surface area contributed by atoms with E-state index in [-0.39, 0.29) is 16.9 Å². The van der Waals surface area contributed by atoms with Crippen LogP contribution >= 0.6 is 31.9 Å². The number of rotatable bonds is 4. The molecule has 1 aromatic carbocycles. The molecule has 0 fully saturated rings. The van der Waals surface area contributed by atoms with Crippen molar-refractivity contribution in [3.8, 4) is 5.75 Å². The van der Waals surface area contributed by atoms with Crippen LogP contribution in [-0.2, 0) is 14.3 Å². The molecule has 4 nitrogen and oxygen atoms in total. The zero-order valence-electron chi connectivity index (χ0n) is 11.2. The van der Waals surface area contributed by atoms with Crippen LogP contribution in [0.4, 0.5) is 0 Å². The fraction of sp³-hybridized carbons (Fsp3) is 0.500. The molecule has 0 bridgehead atoms. The third-order valence-electron chi connectivity index (χ3n) is 2.12. The Labute approximate surface area is 130 Å². The normalized spacial score (nSPS) is 12.5. The van der Waals surface area contributed by atoms with E-state index in [1.165, 1.54) is 13.2 Å². The van der Waals surface area contributed by atoms with Crippen molar-refractivity contribution < 1.29 is 17.3 Å². The molecule has 0 aliphatic rings. The van der Waals surface area contributed by atoms with Gasteiger partial charge in [0.05, 0.1) is 18.2 Å². The minimum absolute atomic E-state index is 0.0526. The fourth-order valence-electron chi connectivity index (χ4n) is 1.18. The number of methoxy groups -OCH3 is 1. The van der Waals surface area contributed by atoms with Gasteiger partial charge in [-0.15, -0.1) is 0 Å². The Kier molecular flexibility index (Phi) is 5.45. The van der Waals surface area contributed by atoms with Crippen molar-refractivity contribution in [3.05, 3.63) is 21.1 Å². The van der Waals surface area contributed by atoms with Gasteiger partial charge in [-0.05, 0) is 43.3 Å². The standard InChI is InChI=1S/C12H16Br2O4S/c1-12(2,3)7-18-19(15,16)11-6-10(17-4)8(13)5-9(11)14/h5-6H,7H2,1-4H3. The number of benzene rings is 1. The van der Waals surface area contributed by atoms with Crippen LogP contribution in [-0.4, -0.2) is 22.1 Å². The molecule has 0 heterocycles. The van der Waals surface area contributed by atoms with Crippen LogP contribution in [0, 0.1) is 5.41 Å². The summed E-state index contributed by atoms with van der Waals surface area (Å²) in [4.78, 5) is 0.0526. The van der Waals surface area contributed by atoms with Crippen molar-refractivity contribution in [2.75, 3.05) is 13.7 Å². The molecule has 0 saturated carbocycles. The number of halogens is 2. The lowest BCUT2D eigenvalue weighted by Gasteiger charge is -2.18. The van der Waals surface area contributed by atoms with E-state index in [1.807, 2.05) is 20.8 Å². The number of hydrogen-bond acceptors (Lipinski definition) is 4. The maximum absolute atomic E-state index is 12.2. The second-order valence-corrected chi connectivity index (χ2v) is 8.49. The van der Waals surface area contributed by atoms with E-state index in [0.717, 1.165) is 0 Å². The van der Waals surface area contributed by atoms with Crippen molar-refractivity contribution in [1.82, 2.24) is 0 Å². The van der Waals surface area contributed by atoms with Gasteiger partial charge < -0.3 is 4.74 Å². The van der Waals surface area contributed by atoms with Crippen LogP contribution in [0.3, 0.4) is 0 Å².